The van der Waals surface area contributed by atoms with E-state index in [-0.39, 0.29) is 0 Å². The average Bonchev–Trinajstić information content (AvgIpc) is 3.85. The number of hydrogen-bond acceptors (Lipinski definition) is 2. The van der Waals surface area contributed by atoms with Gasteiger partial charge in [0.1, 0.15) is 11.2 Å². The predicted molar refractivity (Wildman–Crippen MR) is 249 cm³/mol. The summed E-state index contributed by atoms with van der Waals surface area (Å²) in [5, 5.41) is 9.36. The van der Waals surface area contributed by atoms with Crippen LogP contribution in [0.1, 0.15) is 0 Å². The van der Waals surface area contributed by atoms with Crippen LogP contribution in [0.4, 0.5) is 17.1 Å². The minimum atomic E-state index is 0.872. The van der Waals surface area contributed by atoms with Crippen molar-refractivity contribution in [3.05, 3.63) is 218 Å². The molecule has 0 aliphatic carbocycles. The Labute approximate surface area is 341 Å². The van der Waals surface area contributed by atoms with Gasteiger partial charge in [-0.05, 0) is 99.1 Å². The van der Waals surface area contributed by atoms with E-state index in [0.717, 1.165) is 55.7 Å². The molecule has 0 saturated carbocycles. The van der Waals surface area contributed by atoms with Crippen molar-refractivity contribution in [3.63, 3.8) is 0 Å². The first-order valence-electron chi connectivity index (χ1n) is 20.2. The van der Waals surface area contributed by atoms with Gasteiger partial charge < -0.3 is 13.9 Å². The molecule has 12 aromatic rings. The summed E-state index contributed by atoms with van der Waals surface area (Å²) in [4.78, 5) is 2.46. The van der Waals surface area contributed by atoms with E-state index in [1.807, 2.05) is 12.1 Å². The zero-order valence-electron chi connectivity index (χ0n) is 32.1. The van der Waals surface area contributed by atoms with Crippen LogP contribution in [0.2, 0.25) is 0 Å². The van der Waals surface area contributed by atoms with Gasteiger partial charge in [-0.15, -0.1) is 0 Å². The highest BCUT2D eigenvalue weighted by molar-refractivity contribution is 6.25. The van der Waals surface area contributed by atoms with Crippen LogP contribution in [0, 0.1) is 0 Å². The number of nitrogens with zero attached hydrogens (tertiary/aromatic N) is 2. The summed E-state index contributed by atoms with van der Waals surface area (Å²) in [6.45, 7) is 0. The van der Waals surface area contributed by atoms with E-state index in [9.17, 15) is 0 Å². The second kappa shape index (κ2) is 13.4. The van der Waals surface area contributed by atoms with E-state index in [1.54, 1.807) is 0 Å². The Hall–Kier alpha value is -7.88. The first-order chi connectivity index (χ1) is 29.2. The summed E-state index contributed by atoms with van der Waals surface area (Å²) >= 11 is 0. The van der Waals surface area contributed by atoms with E-state index in [0.29, 0.717) is 0 Å². The van der Waals surface area contributed by atoms with Crippen molar-refractivity contribution in [1.29, 1.82) is 0 Å². The first-order valence-corrected chi connectivity index (χ1v) is 20.2. The van der Waals surface area contributed by atoms with Gasteiger partial charge in [0, 0.05) is 50.1 Å². The van der Waals surface area contributed by atoms with Gasteiger partial charge in [0.25, 0.3) is 0 Å². The van der Waals surface area contributed by atoms with Crippen molar-refractivity contribution in [2.24, 2.45) is 0 Å². The molecule has 2 aromatic heterocycles. The first kappa shape index (κ1) is 33.3. The van der Waals surface area contributed by atoms with Gasteiger partial charge in [-0.3, -0.25) is 0 Å². The molecule has 12 rings (SSSR count). The van der Waals surface area contributed by atoms with Crippen LogP contribution in [0.25, 0.3) is 93.2 Å². The van der Waals surface area contributed by atoms with Crippen molar-refractivity contribution >= 4 is 82.4 Å². The summed E-state index contributed by atoms with van der Waals surface area (Å²) in [5.41, 5.74) is 13.1. The number of para-hydroxylation sites is 1. The quantitative estimate of drug-likeness (QED) is 0.169. The van der Waals surface area contributed by atoms with Crippen molar-refractivity contribution in [1.82, 2.24) is 4.57 Å². The largest absolute Gasteiger partial charge is 0.456 e. The number of benzene rings is 10. The molecule has 2 heterocycles. The normalized spacial score (nSPS) is 11.7. The summed E-state index contributed by atoms with van der Waals surface area (Å²) in [6, 6.07) is 78.9. The highest BCUT2D eigenvalue weighted by atomic mass is 16.3. The second-order valence-corrected chi connectivity index (χ2v) is 15.3. The molecule has 0 amide bonds. The Balaban J connectivity index is 1.20. The van der Waals surface area contributed by atoms with Gasteiger partial charge in [-0.2, -0.15) is 0 Å². The number of anilines is 3. The van der Waals surface area contributed by atoms with E-state index < -0.39 is 0 Å². The Bertz CT molecular complexity index is 3540. The number of furan rings is 1. The van der Waals surface area contributed by atoms with Gasteiger partial charge in [-0.1, -0.05) is 152 Å². The molecule has 0 N–H and O–H groups in total. The van der Waals surface area contributed by atoms with Crippen molar-refractivity contribution in [2.45, 2.75) is 0 Å². The van der Waals surface area contributed by atoms with Crippen LogP contribution in [0.15, 0.2) is 223 Å². The highest BCUT2D eigenvalue weighted by Crippen LogP contribution is 2.48. The van der Waals surface area contributed by atoms with Crippen molar-refractivity contribution in [3.8, 4) is 27.9 Å². The van der Waals surface area contributed by atoms with Crippen LogP contribution in [-0.2, 0) is 0 Å². The molecule has 0 atom stereocenters. The van der Waals surface area contributed by atoms with Gasteiger partial charge in [0.15, 0.2) is 0 Å². The molecule has 0 saturated heterocycles. The minimum absolute atomic E-state index is 0.872. The lowest BCUT2D eigenvalue weighted by Crippen LogP contribution is -2.10. The second-order valence-electron chi connectivity index (χ2n) is 15.3. The molecular weight excluding hydrogens is 717 g/mol. The van der Waals surface area contributed by atoms with Gasteiger partial charge in [0.05, 0.1) is 16.7 Å². The fourth-order valence-corrected chi connectivity index (χ4v) is 9.15. The average molecular weight is 753 g/mol. The van der Waals surface area contributed by atoms with Crippen molar-refractivity contribution in [2.75, 3.05) is 4.90 Å². The maximum atomic E-state index is 6.51. The third kappa shape index (κ3) is 5.44. The molecule has 3 nitrogen and oxygen atoms in total. The number of fused-ring (bicyclic) bond motifs is 9. The van der Waals surface area contributed by atoms with Crippen LogP contribution in [0.5, 0.6) is 0 Å². The number of aromatic nitrogens is 1. The van der Waals surface area contributed by atoms with Crippen LogP contribution in [-0.4, -0.2) is 4.57 Å². The molecule has 3 heteroatoms. The fraction of sp³-hybridized carbons (Fsp3) is 0. The third-order valence-corrected chi connectivity index (χ3v) is 11.9. The minimum Gasteiger partial charge on any atom is -0.456 e. The molecule has 0 unspecified atom stereocenters. The topological polar surface area (TPSA) is 21.3 Å². The lowest BCUT2D eigenvalue weighted by atomic mass is 9.99. The number of hydrogen-bond donors (Lipinski definition) is 0. The predicted octanol–water partition coefficient (Wildman–Crippen LogP) is 15.8. The van der Waals surface area contributed by atoms with E-state index in [2.05, 4.69) is 216 Å². The zero-order chi connectivity index (χ0) is 38.9. The Morgan fingerprint density at radius 2 is 0.966 bits per heavy atom. The molecule has 10 aromatic carbocycles. The lowest BCUT2D eigenvalue weighted by Gasteiger charge is -2.28. The van der Waals surface area contributed by atoms with E-state index in [1.165, 1.54) is 54.6 Å². The third-order valence-electron chi connectivity index (χ3n) is 11.9. The zero-order valence-corrected chi connectivity index (χ0v) is 32.1. The fourth-order valence-electron chi connectivity index (χ4n) is 9.15. The Morgan fingerprint density at radius 1 is 0.356 bits per heavy atom. The summed E-state index contributed by atoms with van der Waals surface area (Å²) in [7, 11) is 0. The van der Waals surface area contributed by atoms with E-state index in [4.69, 9.17) is 4.42 Å². The highest BCUT2D eigenvalue weighted by Gasteiger charge is 2.25. The maximum absolute atomic E-state index is 6.51. The van der Waals surface area contributed by atoms with Crippen LogP contribution >= 0.6 is 0 Å². The summed E-state index contributed by atoms with van der Waals surface area (Å²) < 4.78 is 8.97. The molecule has 0 spiro atoms. The Morgan fingerprint density at radius 3 is 1.76 bits per heavy atom. The maximum Gasteiger partial charge on any atom is 0.137 e. The van der Waals surface area contributed by atoms with E-state index >= 15 is 0 Å². The molecule has 0 radical (unpaired) electrons. The SMILES string of the molecule is c1ccc(-c2ccc(N(c3ccc4ccccc4c3)c3cc4ccccc4c4c3c3cc(-c5ccccc5)ccc3n4-c3ccc4c(c3)oc3ccccc34)cc2)cc1. The van der Waals surface area contributed by atoms with Crippen LogP contribution in [0.3, 0.4) is 0 Å². The van der Waals surface area contributed by atoms with Gasteiger partial charge in [0.2, 0.25) is 0 Å². The van der Waals surface area contributed by atoms with Gasteiger partial charge in [-0.25, -0.2) is 0 Å². The standard InChI is InChI=1S/C56H36N2O/c1-3-13-37(14-4-1)40-23-27-44(28-24-40)57(45-29-25-39-17-7-8-18-41(39)33-45)52-35-43-19-9-10-20-47(43)56-55(52)50-34-42(38-15-5-2-6-16-38)26-32-51(50)58(56)46-30-31-49-48-21-11-12-22-53(48)59-54(49)36-46/h1-36H. The molecule has 276 valence electrons. The molecule has 0 bridgehead atoms. The summed E-state index contributed by atoms with van der Waals surface area (Å²) in [6.07, 6.45) is 0. The lowest BCUT2D eigenvalue weighted by molar-refractivity contribution is 0.668. The Kier molecular flexibility index (Phi) is 7.54. The summed E-state index contributed by atoms with van der Waals surface area (Å²) in [5.74, 6) is 0. The molecular formula is C56H36N2O. The molecule has 59 heavy (non-hydrogen) atoms. The monoisotopic (exact) mass is 752 g/mol. The van der Waals surface area contributed by atoms with Gasteiger partial charge >= 0.3 is 0 Å². The molecule has 0 fully saturated rings. The number of rotatable bonds is 6. The smallest absolute Gasteiger partial charge is 0.137 e. The van der Waals surface area contributed by atoms with Crippen molar-refractivity contribution < 1.29 is 4.42 Å². The van der Waals surface area contributed by atoms with Crippen LogP contribution < -0.4 is 4.90 Å². The molecule has 0 aliphatic rings. The molecule has 0 aliphatic heterocycles.